The molecule has 0 aliphatic rings. The van der Waals surface area contributed by atoms with Crippen molar-refractivity contribution >= 4 is 21.2 Å². The topological polar surface area (TPSA) is 47.0 Å². The number of nitrogens with zero attached hydrogens (tertiary/aromatic N) is 1. The van der Waals surface area contributed by atoms with Gasteiger partial charge in [-0.3, -0.25) is 0 Å². The largest absolute Gasteiger partial charge is 0.250 e. The molecule has 0 aromatic carbocycles. The molecule has 0 N–H and O–H groups in total. The first kappa shape index (κ1) is 9.67. The second-order valence-electron chi connectivity index (χ2n) is 2.74. The van der Waals surface area contributed by atoms with E-state index in [0.717, 1.165) is 10.6 Å². The number of hydrogen-bond donors (Lipinski definition) is 0. The molecule has 0 atom stereocenters. The monoisotopic (exact) mass is 205 g/mol. The zero-order valence-electron chi connectivity index (χ0n) is 7.07. The van der Waals surface area contributed by atoms with Crippen LogP contribution in [0.2, 0.25) is 0 Å². The molecule has 1 rings (SSSR count). The van der Waals surface area contributed by atoms with E-state index in [9.17, 15) is 8.42 Å². The Labute approximate surface area is 76.4 Å². The minimum absolute atomic E-state index is 0.218. The molecule has 0 saturated heterocycles. The maximum absolute atomic E-state index is 10.8. The zero-order chi connectivity index (χ0) is 9.19. The first-order valence-corrected chi connectivity index (χ1v) is 6.50. The van der Waals surface area contributed by atoms with Crippen molar-refractivity contribution in [2.45, 2.75) is 13.3 Å². The van der Waals surface area contributed by atoms with E-state index in [1.807, 2.05) is 6.92 Å². The van der Waals surface area contributed by atoms with Crippen LogP contribution < -0.4 is 0 Å². The molecule has 1 aromatic heterocycles. The summed E-state index contributed by atoms with van der Waals surface area (Å²) < 4.78 is 21.6. The molecular formula is C7H11NO2S2. The van der Waals surface area contributed by atoms with Gasteiger partial charge in [0.05, 0.1) is 17.0 Å². The van der Waals surface area contributed by atoms with Crippen molar-refractivity contribution in [3.05, 3.63) is 16.1 Å². The molecule has 0 aliphatic carbocycles. The second kappa shape index (κ2) is 3.53. The van der Waals surface area contributed by atoms with Crippen LogP contribution in [-0.2, 0) is 16.3 Å². The molecule has 0 aliphatic heterocycles. The zero-order valence-corrected chi connectivity index (χ0v) is 8.70. The number of rotatable bonds is 3. The summed E-state index contributed by atoms with van der Waals surface area (Å²) in [4.78, 5) is 5.11. The first-order chi connectivity index (χ1) is 5.49. The highest BCUT2D eigenvalue weighted by Gasteiger charge is 2.06. The average molecular weight is 205 g/mol. The van der Waals surface area contributed by atoms with Crippen LogP contribution in [0.15, 0.2) is 5.51 Å². The molecule has 0 saturated carbocycles. The first-order valence-electron chi connectivity index (χ1n) is 3.56. The maximum Gasteiger partial charge on any atom is 0.147 e. The van der Waals surface area contributed by atoms with Gasteiger partial charge in [-0.05, 0) is 13.3 Å². The lowest BCUT2D eigenvalue weighted by Gasteiger charge is -1.96. The molecule has 0 radical (unpaired) electrons. The minimum Gasteiger partial charge on any atom is -0.250 e. The van der Waals surface area contributed by atoms with E-state index in [4.69, 9.17) is 0 Å². The summed E-state index contributed by atoms with van der Waals surface area (Å²) in [7, 11) is -2.84. The van der Waals surface area contributed by atoms with Crippen molar-refractivity contribution < 1.29 is 8.42 Å². The number of aryl methyl sites for hydroxylation is 2. The summed E-state index contributed by atoms with van der Waals surface area (Å²) >= 11 is 1.51. The van der Waals surface area contributed by atoms with Gasteiger partial charge in [0.1, 0.15) is 9.84 Å². The average Bonchev–Trinajstić information content (AvgIpc) is 2.29. The van der Waals surface area contributed by atoms with Gasteiger partial charge in [-0.1, -0.05) is 0 Å². The number of hydrogen-bond acceptors (Lipinski definition) is 4. The number of sulfone groups is 1. The normalized spacial score (nSPS) is 11.8. The Hall–Kier alpha value is -0.420. The number of aromatic nitrogens is 1. The highest BCUT2D eigenvalue weighted by molar-refractivity contribution is 7.90. The smallest absolute Gasteiger partial charge is 0.147 e. The highest BCUT2D eigenvalue weighted by Crippen LogP contribution is 2.13. The Balaban J connectivity index is 2.61. The Kier molecular flexibility index (Phi) is 2.85. The van der Waals surface area contributed by atoms with E-state index in [-0.39, 0.29) is 5.75 Å². The second-order valence-corrected chi connectivity index (χ2v) is 5.94. The van der Waals surface area contributed by atoms with Gasteiger partial charge >= 0.3 is 0 Å². The van der Waals surface area contributed by atoms with E-state index in [1.165, 1.54) is 17.6 Å². The summed E-state index contributed by atoms with van der Waals surface area (Å²) in [5.41, 5.74) is 2.69. The number of thiazole rings is 1. The molecular weight excluding hydrogens is 194 g/mol. The summed E-state index contributed by atoms with van der Waals surface area (Å²) in [6.45, 7) is 1.90. The molecule has 0 unspecified atom stereocenters. The van der Waals surface area contributed by atoms with Crippen LogP contribution in [0.1, 0.15) is 10.6 Å². The molecule has 0 bridgehead atoms. The lowest BCUT2D eigenvalue weighted by molar-refractivity contribution is 0.601. The van der Waals surface area contributed by atoms with Crippen molar-refractivity contribution in [3.63, 3.8) is 0 Å². The Morgan fingerprint density at radius 1 is 1.58 bits per heavy atom. The molecule has 0 spiro atoms. The summed E-state index contributed by atoms with van der Waals surface area (Å²) in [5.74, 6) is 0.218. The Morgan fingerprint density at radius 2 is 2.25 bits per heavy atom. The molecule has 12 heavy (non-hydrogen) atoms. The van der Waals surface area contributed by atoms with Crippen LogP contribution in [-0.4, -0.2) is 25.4 Å². The van der Waals surface area contributed by atoms with Gasteiger partial charge in [-0.15, -0.1) is 11.3 Å². The van der Waals surface area contributed by atoms with Crippen molar-refractivity contribution in [1.82, 2.24) is 4.98 Å². The van der Waals surface area contributed by atoms with Crippen LogP contribution >= 0.6 is 11.3 Å². The van der Waals surface area contributed by atoms with Crippen molar-refractivity contribution in [2.24, 2.45) is 0 Å². The van der Waals surface area contributed by atoms with Crippen LogP contribution in [0, 0.1) is 6.92 Å². The fraction of sp³-hybridized carbons (Fsp3) is 0.571. The third kappa shape index (κ3) is 2.91. The Morgan fingerprint density at radius 3 is 2.67 bits per heavy atom. The van der Waals surface area contributed by atoms with Crippen LogP contribution in [0.4, 0.5) is 0 Å². The fourth-order valence-corrected chi connectivity index (χ4v) is 2.33. The van der Waals surface area contributed by atoms with Gasteiger partial charge in [0.15, 0.2) is 0 Å². The third-order valence-electron chi connectivity index (χ3n) is 1.54. The highest BCUT2D eigenvalue weighted by atomic mass is 32.2. The summed E-state index contributed by atoms with van der Waals surface area (Å²) in [6.07, 6.45) is 1.85. The Bertz CT molecular complexity index is 353. The predicted octanol–water partition coefficient (Wildman–Crippen LogP) is 1.04. The summed E-state index contributed by atoms with van der Waals surface area (Å²) in [5, 5.41) is 0. The van der Waals surface area contributed by atoms with Gasteiger partial charge in [0, 0.05) is 11.1 Å². The van der Waals surface area contributed by atoms with Crippen LogP contribution in [0.5, 0.6) is 0 Å². The van der Waals surface area contributed by atoms with Gasteiger partial charge in [0.2, 0.25) is 0 Å². The molecule has 0 fully saturated rings. The van der Waals surface area contributed by atoms with E-state index in [2.05, 4.69) is 4.98 Å². The molecule has 5 heteroatoms. The van der Waals surface area contributed by atoms with E-state index < -0.39 is 9.84 Å². The molecule has 1 heterocycles. The minimum atomic E-state index is -2.84. The van der Waals surface area contributed by atoms with Crippen LogP contribution in [0.3, 0.4) is 0 Å². The van der Waals surface area contributed by atoms with Crippen molar-refractivity contribution in [2.75, 3.05) is 12.0 Å². The quantitative estimate of drug-likeness (QED) is 0.740. The van der Waals surface area contributed by atoms with Gasteiger partial charge < -0.3 is 0 Å². The molecule has 3 nitrogen and oxygen atoms in total. The van der Waals surface area contributed by atoms with Crippen molar-refractivity contribution in [1.29, 1.82) is 0 Å². The summed E-state index contributed by atoms with van der Waals surface area (Å²) in [6, 6.07) is 0. The third-order valence-corrected chi connectivity index (χ3v) is 3.49. The lowest BCUT2D eigenvalue weighted by atomic mass is 10.3. The van der Waals surface area contributed by atoms with E-state index in [1.54, 1.807) is 5.51 Å². The van der Waals surface area contributed by atoms with Crippen molar-refractivity contribution in [3.8, 4) is 0 Å². The van der Waals surface area contributed by atoms with Gasteiger partial charge in [-0.25, -0.2) is 13.4 Å². The SMILES string of the molecule is Cc1ncsc1CCS(C)(=O)=O. The molecule has 1 aromatic rings. The standard InChI is InChI=1S/C7H11NO2S2/c1-6-7(11-5-8-6)3-4-12(2,9)10/h5H,3-4H2,1-2H3. The maximum atomic E-state index is 10.8. The predicted molar refractivity (Wildman–Crippen MR) is 50.3 cm³/mol. The molecule has 68 valence electrons. The van der Waals surface area contributed by atoms with Gasteiger partial charge in [-0.2, -0.15) is 0 Å². The van der Waals surface area contributed by atoms with E-state index in [0.29, 0.717) is 6.42 Å². The van der Waals surface area contributed by atoms with Crippen LogP contribution in [0.25, 0.3) is 0 Å². The van der Waals surface area contributed by atoms with Gasteiger partial charge in [0.25, 0.3) is 0 Å². The molecule has 0 amide bonds. The fourth-order valence-electron chi connectivity index (χ4n) is 0.844. The lowest BCUT2D eigenvalue weighted by Crippen LogP contribution is -2.05. The van der Waals surface area contributed by atoms with E-state index >= 15 is 0 Å².